The summed E-state index contributed by atoms with van der Waals surface area (Å²) in [4.78, 5) is 4.28. The quantitative estimate of drug-likeness (QED) is 0.575. The summed E-state index contributed by atoms with van der Waals surface area (Å²) in [5, 5.41) is 12.8. The summed E-state index contributed by atoms with van der Waals surface area (Å²) in [5.74, 6) is 1.95. The number of rotatable bonds is 8. The van der Waals surface area contributed by atoms with Crippen molar-refractivity contribution < 1.29 is 18.6 Å². The van der Waals surface area contributed by atoms with Gasteiger partial charge >= 0.3 is 0 Å². The molecule has 0 saturated heterocycles. The van der Waals surface area contributed by atoms with Gasteiger partial charge in [0.15, 0.2) is 5.76 Å². The van der Waals surface area contributed by atoms with Gasteiger partial charge in [0.1, 0.15) is 18.1 Å². The fourth-order valence-corrected chi connectivity index (χ4v) is 3.21. The summed E-state index contributed by atoms with van der Waals surface area (Å²) in [6.07, 6.45) is 5.72. The Kier molecular flexibility index (Phi) is 6.19. The fourth-order valence-electron chi connectivity index (χ4n) is 3.21. The molecule has 0 aliphatic carbocycles. The molecule has 1 aliphatic rings. The molecule has 0 fully saturated rings. The molecule has 7 heteroatoms. The molecule has 1 atom stereocenters. The molecule has 4 rings (SSSR count). The zero-order valence-corrected chi connectivity index (χ0v) is 16.9. The number of aromatic nitrogens is 1. The van der Waals surface area contributed by atoms with Gasteiger partial charge in [-0.15, -0.1) is 0 Å². The van der Waals surface area contributed by atoms with Gasteiger partial charge in [-0.25, -0.2) is 0 Å². The Balaban J connectivity index is 1.57. The van der Waals surface area contributed by atoms with Gasteiger partial charge in [0.05, 0.1) is 13.2 Å². The number of ether oxygens (including phenoxy) is 3. The number of nitrogens with zero attached hydrogens (tertiary/aromatic N) is 2. The number of nitrogens with one attached hydrogen (secondary N) is 1. The van der Waals surface area contributed by atoms with Crippen molar-refractivity contribution in [1.82, 2.24) is 4.98 Å². The van der Waals surface area contributed by atoms with Crippen LogP contribution in [0.5, 0.6) is 5.75 Å². The van der Waals surface area contributed by atoms with Gasteiger partial charge in [-0.3, -0.25) is 0 Å². The summed E-state index contributed by atoms with van der Waals surface area (Å²) in [5.41, 5.74) is 2.14. The van der Waals surface area contributed by atoms with Crippen LogP contribution >= 0.6 is 0 Å². The topological polar surface area (TPSA) is 89.5 Å². The van der Waals surface area contributed by atoms with Gasteiger partial charge in [-0.05, 0) is 17.7 Å². The Morgan fingerprint density at radius 1 is 1.16 bits per heavy atom. The van der Waals surface area contributed by atoms with Gasteiger partial charge in [0.25, 0.3) is 0 Å². The molecule has 1 aliphatic heterocycles. The standard InChI is InChI=1S/C24H21N3O4/c1-28-21-10-6-5-9-18(21)11-12-23-26-20(14-25)24(31-23)27-19(22-15-29-16-30-22)13-17-7-3-2-4-8-17/h2-12,15,19,27H,13,16H2,1H3. The first-order valence-electron chi connectivity index (χ1n) is 9.74. The number of nitriles is 1. The molecule has 0 amide bonds. The first-order valence-corrected chi connectivity index (χ1v) is 9.74. The second-order valence-corrected chi connectivity index (χ2v) is 6.75. The SMILES string of the molecule is COc1ccccc1C=Cc1nc(C#N)c(NC(Cc2ccccc2)C2=COCO2)o1. The predicted octanol–water partition coefficient (Wildman–Crippen LogP) is 4.59. The number of benzene rings is 2. The van der Waals surface area contributed by atoms with Gasteiger partial charge in [0, 0.05) is 18.1 Å². The molecule has 1 aromatic heterocycles. The number of anilines is 1. The van der Waals surface area contributed by atoms with Crippen LogP contribution in [-0.4, -0.2) is 24.9 Å². The Hall–Kier alpha value is -4.18. The maximum atomic E-state index is 9.54. The second kappa shape index (κ2) is 9.55. The van der Waals surface area contributed by atoms with Crippen molar-refractivity contribution in [2.24, 2.45) is 0 Å². The molecule has 156 valence electrons. The molecule has 1 unspecified atom stereocenters. The molecule has 2 aromatic carbocycles. The molecule has 0 bridgehead atoms. The fraction of sp³-hybridized carbons (Fsp3) is 0.167. The summed E-state index contributed by atoms with van der Waals surface area (Å²) >= 11 is 0. The van der Waals surface area contributed by atoms with Gasteiger partial charge in [-0.1, -0.05) is 48.5 Å². The highest BCUT2D eigenvalue weighted by molar-refractivity contribution is 5.70. The number of methoxy groups -OCH3 is 1. The van der Waals surface area contributed by atoms with Gasteiger partial charge < -0.3 is 23.9 Å². The first-order chi connectivity index (χ1) is 15.3. The van der Waals surface area contributed by atoms with Crippen molar-refractivity contribution in [3.8, 4) is 11.8 Å². The maximum absolute atomic E-state index is 9.54. The molecule has 0 saturated carbocycles. The molecule has 0 spiro atoms. The van der Waals surface area contributed by atoms with Crippen molar-refractivity contribution in [3.63, 3.8) is 0 Å². The summed E-state index contributed by atoms with van der Waals surface area (Å²) in [6, 6.07) is 19.4. The normalized spacial score (nSPS) is 13.7. The average Bonchev–Trinajstić information content (AvgIpc) is 3.48. The van der Waals surface area contributed by atoms with Crippen LogP contribution in [0, 0.1) is 11.3 Å². The van der Waals surface area contributed by atoms with Crippen molar-refractivity contribution >= 4 is 18.0 Å². The number of oxazole rings is 1. The maximum Gasteiger partial charge on any atom is 0.233 e. The van der Waals surface area contributed by atoms with E-state index in [4.69, 9.17) is 18.6 Å². The van der Waals surface area contributed by atoms with Crippen LogP contribution < -0.4 is 10.1 Å². The van der Waals surface area contributed by atoms with Gasteiger partial charge in [0.2, 0.25) is 24.3 Å². The Bertz CT molecular complexity index is 1130. The third kappa shape index (κ3) is 4.87. The molecular formula is C24H21N3O4. The molecule has 2 heterocycles. The highest BCUT2D eigenvalue weighted by atomic mass is 16.7. The monoisotopic (exact) mass is 415 g/mol. The van der Waals surface area contributed by atoms with Crippen LogP contribution in [0.25, 0.3) is 12.2 Å². The third-order valence-electron chi connectivity index (χ3n) is 4.72. The number of para-hydroxylation sites is 1. The van der Waals surface area contributed by atoms with E-state index in [2.05, 4.69) is 16.4 Å². The Labute approximate surface area is 180 Å². The van der Waals surface area contributed by atoms with Crippen LogP contribution in [0.3, 0.4) is 0 Å². The van der Waals surface area contributed by atoms with Crippen molar-refractivity contribution in [1.29, 1.82) is 5.26 Å². The van der Waals surface area contributed by atoms with E-state index in [0.717, 1.165) is 16.9 Å². The van der Waals surface area contributed by atoms with E-state index in [1.807, 2.05) is 60.7 Å². The molecule has 7 nitrogen and oxygen atoms in total. The van der Waals surface area contributed by atoms with Crippen molar-refractivity contribution in [3.05, 3.63) is 89.3 Å². The number of hydrogen-bond acceptors (Lipinski definition) is 7. The molecule has 1 N–H and O–H groups in total. The smallest absolute Gasteiger partial charge is 0.233 e. The van der Waals surface area contributed by atoms with E-state index in [1.54, 1.807) is 19.4 Å². The van der Waals surface area contributed by atoms with Crippen LogP contribution in [0.4, 0.5) is 5.88 Å². The van der Waals surface area contributed by atoms with E-state index in [-0.39, 0.29) is 24.4 Å². The van der Waals surface area contributed by atoms with Crippen LogP contribution in [0.15, 0.2) is 71.0 Å². The minimum absolute atomic E-state index is 0.163. The van der Waals surface area contributed by atoms with E-state index in [9.17, 15) is 5.26 Å². The summed E-state index contributed by atoms with van der Waals surface area (Å²) < 4.78 is 22.0. The lowest BCUT2D eigenvalue weighted by molar-refractivity contribution is 0.0763. The zero-order valence-electron chi connectivity index (χ0n) is 16.9. The zero-order chi connectivity index (χ0) is 21.5. The largest absolute Gasteiger partial charge is 0.496 e. The van der Waals surface area contributed by atoms with Crippen LogP contribution in [0.2, 0.25) is 0 Å². The molecular weight excluding hydrogens is 394 g/mol. The van der Waals surface area contributed by atoms with E-state index in [1.165, 1.54) is 0 Å². The van der Waals surface area contributed by atoms with E-state index in [0.29, 0.717) is 18.1 Å². The third-order valence-corrected chi connectivity index (χ3v) is 4.72. The Morgan fingerprint density at radius 2 is 1.97 bits per heavy atom. The lowest BCUT2D eigenvalue weighted by Gasteiger charge is -2.18. The lowest BCUT2D eigenvalue weighted by Crippen LogP contribution is -2.25. The summed E-state index contributed by atoms with van der Waals surface area (Å²) in [6.45, 7) is 0.163. The van der Waals surface area contributed by atoms with Crippen LogP contribution in [0.1, 0.15) is 22.7 Å². The minimum Gasteiger partial charge on any atom is -0.496 e. The molecule has 0 radical (unpaired) electrons. The highest BCUT2D eigenvalue weighted by Gasteiger charge is 2.24. The van der Waals surface area contributed by atoms with Crippen molar-refractivity contribution in [2.75, 3.05) is 19.2 Å². The second-order valence-electron chi connectivity index (χ2n) is 6.75. The van der Waals surface area contributed by atoms with Crippen molar-refractivity contribution in [2.45, 2.75) is 12.5 Å². The predicted molar refractivity (Wildman–Crippen MR) is 116 cm³/mol. The highest BCUT2D eigenvalue weighted by Crippen LogP contribution is 2.25. The lowest BCUT2D eigenvalue weighted by atomic mass is 10.0. The Morgan fingerprint density at radius 3 is 2.71 bits per heavy atom. The van der Waals surface area contributed by atoms with E-state index < -0.39 is 0 Å². The molecule has 3 aromatic rings. The molecule has 31 heavy (non-hydrogen) atoms. The van der Waals surface area contributed by atoms with Gasteiger partial charge in [-0.2, -0.15) is 10.2 Å². The number of hydrogen-bond donors (Lipinski definition) is 1. The average molecular weight is 415 g/mol. The van der Waals surface area contributed by atoms with E-state index >= 15 is 0 Å². The first kappa shape index (κ1) is 20.1. The summed E-state index contributed by atoms with van der Waals surface area (Å²) in [7, 11) is 1.62. The van der Waals surface area contributed by atoms with Crippen LogP contribution in [-0.2, 0) is 15.9 Å². The minimum atomic E-state index is -0.281.